The van der Waals surface area contributed by atoms with E-state index in [0.717, 1.165) is 27.8 Å². The molecule has 184 valence electrons. The Morgan fingerprint density at radius 3 is 2.05 bits per heavy atom. The van der Waals surface area contributed by atoms with Crippen molar-refractivity contribution in [2.45, 2.75) is 19.3 Å². The van der Waals surface area contributed by atoms with Crippen LogP contribution in [0.2, 0.25) is 0 Å². The van der Waals surface area contributed by atoms with E-state index in [0.29, 0.717) is 0 Å². The molecule has 1 aliphatic rings. The van der Waals surface area contributed by atoms with Crippen molar-refractivity contribution < 1.29 is 4.42 Å². The van der Waals surface area contributed by atoms with Crippen LogP contribution in [0.1, 0.15) is 25.0 Å². The molecule has 0 fully saturated rings. The number of rotatable bonds is 1. The third-order valence-electron chi connectivity index (χ3n) is 8.98. The molecule has 0 saturated heterocycles. The van der Waals surface area contributed by atoms with E-state index in [1.165, 1.54) is 54.7 Å². The summed E-state index contributed by atoms with van der Waals surface area (Å²) in [4.78, 5) is 0. The Hall–Kier alpha value is -4.82. The number of furan rings is 1. The van der Waals surface area contributed by atoms with Gasteiger partial charge in [-0.25, -0.2) is 0 Å². The Morgan fingerprint density at radius 2 is 1.21 bits per heavy atom. The van der Waals surface area contributed by atoms with Crippen LogP contribution in [0.3, 0.4) is 0 Å². The Morgan fingerprint density at radius 1 is 0.564 bits per heavy atom. The van der Waals surface area contributed by atoms with E-state index in [2.05, 4.69) is 134 Å². The van der Waals surface area contributed by atoms with E-state index in [1.807, 2.05) is 0 Å². The van der Waals surface area contributed by atoms with Crippen molar-refractivity contribution in [1.29, 1.82) is 0 Å². The van der Waals surface area contributed by atoms with Crippen molar-refractivity contribution in [3.05, 3.63) is 126 Å². The molecule has 0 amide bonds. The van der Waals surface area contributed by atoms with Gasteiger partial charge in [-0.05, 0) is 57.3 Å². The van der Waals surface area contributed by atoms with Crippen molar-refractivity contribution in [2.24, 2.45) is 0 Å². The van der Waals surface area contributed by atoms with Crippen LogP contribution in [0.25, 0.3) is 71.3 Å². The first kappa shape index (κ1) is 21.2. The molecule has 0 bridgehead atoms. The van der Waals surface area contributed by atoms with Crippen molar-refractivity contribution in [1.82, 2.24) is 4.57 Å². The summed E-state index contributed by atoms with van der Waals surface area (Å²) in [5.74, 6) is 0. The first-order valence-electron chi connectivity index (χ1n) is 13.6. The zero-order chi connectivity index (χ0) is 25.9. The number of para-hydroxylation sites is 2. The number of hydrogen-bond donors (Lipinski definition) is 0. The molecule has 2 aromatic heterocycles. The van der Waals surface area contributed by atoms with Gasteiger partial charge in [-0.3, -0.25) is 0 Å². The van der Waals surface area contributed by atoms with Gasteiger partial charge in [0, 0.05) is 32.6 Å². The highest BCUT2D eigenvalue weighted by molar-refractivity contribution is 6.35. The normalized spacial score (nSPS) is 14.1. The number of fused-ring (bicyclic) bond motifs is 13. The maximum absolute atomic E-state index is 6.73. The van der Waals surface area contributed by atoms with E-state index in [-0.39, 0.29) is 5.41 Å². The van der Waals surface area contributed by atoms with Gasteiger partial charge in [0.05, 0.1) is 11.0 Å². The summed E-state index contributed by atoms with van der Waals surface area (Å²) in [6, 6.07) is 41.8. The number of benzene rings is 6. The molecule has 0 saturated carbocycles. The Balaban J connectivity index is 1.49. The largest absolute Gasteiger partial charge is 0.454 e. The van der Waals surface area contributed by atoms with Crippen molar-refractivity contribution in [3.8, 4) is 16.8 Å². The summed E-state index contributed by atoms with van der Waals surface area (Å²) in [5.41, 5.74) is 10.7. The van der Waals surface area contributed by atoms with Gasteiger partial charge in [-0.1, -0.05) is 105 Å². The summed E-state index contributed by atoms with van der Waals surface area (Å²) in [6.45, 7) is 4.69. The monoisotopic (exact) mass is 499 g/mol. The molecule has 8 aromatic rings. The second-order valence-corrected chi connectivity index (χ2v) is 11.3. The number of hydrogen-bond acceptors (Lipinski definition) is 1. The molecule has 0 aliphatic heterocycles. The molecule has 0 atom stereocenters. The van der Waals surface area contributed by atoms with Gasteiger partial charge < -0.3 is 8.98 Å². The van der Waals surface area contributed by atoms with Crippen LogP contribution in [-0.2, 0) is 5.41 Å². The Labute approximate surface area is 225 Å². The summed E-state index contributed by atoms with van der Waals surface area (Å²) < 4.78 is 9.16. The standard InChI is InChI=1S/C37H25NO/c1-37(2)29-16-8-5-11-23(29)24-20-19-22(21-30(24)37)38-31-17-9-6-14-27(31)33-25-12-3-4-13-26(25)34-28-15-7-10-18-32(28)39-36(34)35(33)38/h3-21H,1-2H3. The molecular weight excluding hydrogens is 474 g/mol. The molecule has 0 spiro atoms. The van der Waals surface area contributed by atoms with Crippen LogP contribution in [0.4, 0.5) is 0 Å². The average Bonchev–Trinajstić information content (AvgIpc) is 3.60. The highest BCUT2D eigenvalue weighted by Crippen LogP contribution is 2.50. The predicted molar refractivity (Wildman–Crippen MR) is 163 cm³/mol. The first-order chi connectivity index (χ1) is 19.1. The fourth-order valence-corrected chi connectivity index (χ4v) is 7.23. The third kappa shape index (κ3) is 2.56. The summed E-state index contributed by atoms with van der Waals surface area (Å²) >= 11 is 0. The number of aromatic nitrogens is 1. The first-order valence-corrected chi connectivity index (χ1v) is 13.6. The van der Waals surface area contributed by atoms with E-state index in [4.69, 9.17) is 4.42 Å². The molecule has 2 heteroatoms. The molecular formula is C37H25NO. The van der Waals surface area contributed by atoms with E-state index >= 15 is 0 Å². The maximum atomic E-state index is 6.73. The van der Waals surface area contributed by atoms with Crippen LogP contribution in [0, 0.1) is 0 Å². The zero-order valence-corrected chi connectivity index (χ0v) is 21.8. The van der Waals surface area contributed by atoms with Crippen LogP contribution in [0.5, 0.6) is 0 Å². The second kappa shape index (κ2) is 7.18. The SMILES string of the molecule is CC1(C)c2ccccc2-c2ccc(-n3c4ccccc4c4c5ccccc5c5c6ccccc6oc5c43)cc21. The summed E-state index contributed by atoms with van der Waals surface area (Å²) in [6.07, 6.45) is 0. The molecule has 0 N–H and O–H groups in total. The molecule has 39 heavy (non-hydrogen) atoms. The lowest BCUT2D eigenvalue weighted by atomic mass is 9.82. The minimum Gasteiger partial charge on any atom is -0.454 e. The average molecular weight is 500 g/mol. The highest BCUT2D eigenvalue weighted by atomic mass is 16.3. The van der Waals surface area contributed by atoms with Gasteiger partial charge in [-0.2, -0.15) is 0 Å². The minimum atomic E-state index is -0.0674. The fourth-order valence-electron chi connectivity index (χ4n) is 7.23. The van der Waals surface area contributed by atoms with Crippen molar-refractivity contribution >= 4 is 54.5 Å². The molecule has 0 radical (unpaired) electrons. The zero-order valence-electron chi connectivity index (χ0n) is 21.8. The van der Waals surface area contributed by atoms with E-state index in [9.17, 15) is 0 Å². The second-order valence-electron chi connectivity index (χ2n) is 11.3. The third-order valence-corrected chi connectivity index (χ3v) is 8.98. The molecule has 2 heterocycles. The quantitative estimate of drug-likeness (QED) is 0.220. The van der Waals surface area contributed by atoms with Gasteiger partial charge >= 0.3 is 0 Å². The highest BCUT2D eigenvalue weighted by Gasteiger charge is 2.35. The van der Waals surface area contributed by atoms with Gasteiger partial charge in [0.2, 0.25) is 0 Å². The lowest BCUT2D eigenvalue weighted by molar-refractivity contribution is 0.660. The van der Waals surface area contributed by atoms with Crippen LogP contribution < -0.4 is 0 Å². The molecule has 9 rings (SSSR count). The fraction of sp³-hybridized carbons (Fsp3) is 0.0811. The van der Waals surface area contributed by atoms with Crippen molar-refractivity contribution in [2.75, 3.05) is 0 Å². The molecule has 2 nitrogen and oxygen atoms in total. The van der Waals surface area contributed by atoms with Gasteiger partial charge in [-0.15, -0.1) is 0 Å². The summed E-state index contributed by atoms with van der Waals surface area (Å²) in [5, 5.41) is 7.33. The lowest BCUT2D eigenvalue weighted by Gasteiger charge is -2.22. The van der Waals surface area contributed by atoms with Crippen LogP contribution in [-0.4, -0.2) is 4.57 Å². The van der Waals surface area contributed by atoms with Gasteiger partial charge in [0.1, 0.15) is 5.58 Å². The topological polar surface area (TPSA) is 18.1 Å². The molecule has 0 unspecified atom stereocenters. The lowest BCUT2D eigenvalue weighted by Crippen LogP contribution is -2.15. The van der Waals surface area contributed by atoms with E-state index in [1.54, 1.807) is 0 Å². The summed E-state index contributed by atoms with van der Waals surface area (Å²) in [7, 11) is 0. The molecule has 6 aromatic carbocycles. The van der Waals surface area contributed by atoms with E-state index < -0.39 is 0 Å². The van der Waals surface area contributed by atoms with Crippen LogP contribution in [0.15, 0.2) is 120 Å². The van der Waals surface area contributed by atoms with Crippen molar-refractivity contribution in [3.63, 3.8) is 0 Å². The predicted octanol–water partition coefficient (Wildman–Crippen LogP) is 10.1. The van der Waals surface area contributed by atoms with Gasteiger partial charge in [0.25, 0.3) is 0 Å². The van der Waals surface area contributed by atoms with Crippen LogP contribution >= 0.6 is 0 Å². The minimum absolute atomic E-state index is 0.0674. The Kier molecular flexibility index (Phi) is 3.89. The Bertz CT molecular complexity index is 2310. The number of nitrogens with zero attached hydrogens (tertiary/aromatic N) is 1. The smallest absolute Gasteiger partial charge is 0.160 e. The van der Waals surface area contributed by atoms with Gasteiger partial charge in [0.15, 0.2) is 5.58 Å². The maximum Gasteiger partial charge on any atom is 0.160 e. The molecule has 1 aliphatic carbocycles.